The van der Waals surface area contributed by atoms with Gasteiger partial charge in [-0.25, -0.2) is 17.7 Å². The van der Waals surface area contributed by atoms with Gasteiger partial charge in [-0.05, 0) is 25.1 Å². The number of benzene rings is 1. The van der Waals surface area contributed by atoms with Gasteiger partial charge in [0, 0.05) is 20.5 Å². The molecular weight excluding hydrogens is 364 g/mol. The summed E-state index contributed by atoms with van der Waals surface area (Å²) < 4.78 is 36.5. The molecule has 1 atom stereocenters. The molecule has 3 aromatic rings. The van der Waals surface area contributed by atoms with Gasteiger partial charge >= 0.3 is 0 Å². The third kappa shape index (κ3) is 3.55. The highest BCUT2D eigenvalue weighted by Gasteiger charge is 2.21. The maximum Gasteiger partial charge on any atom is 0.257 e. The Morgan fingerprint density at radius 1 is 1.28 bits per heavy atom. The molecule has 3 rings (SSSR count). The first-order valence-corrected chi connectivity index (χ1v) is 9.95. The molecular formula is C15H18N4O4S2. The summed E-state index contributed by atoms with van der Waals surface area (Å²) in [7, 11) is -0.541. The third-order valence-electron chi connectivity index (χ3n) is 3.54. The number of rotatable bonds is 6. The number of hydrogen-bond acceptors (Lipinski definition) is 8. The molecule has 0 saturated heterocycles. The lowest BCUT2D eigenvalue weighted by Gasteiger charge is -2.10. The van der Waals surface area contributed by atoms with Crippen LogP contribution in [0, 0.1) is 0 Å². The zero-order valence-electron chi connectivity index (χ0n) is 14.3. The number of aryl methyl sites for hydroxylation is 1. The third-order valence-corrected chi connectivity index (χ3v) is 6.29. The predicted molar refractivity (Wildman–Crippen MR) is 92.8 cm³/mol. The Labute approximate surface area is 149 Å². The number of thioether (sulfide) groups is 1. The van der Waals surface area contributed by atoms with Crippen molar-refractivity contribution in [1.82, 2.24) is 19.4 Å². The van der Waals surface area contributed by atoms with E-state index in [2.05, 4.69) is 15.1 Å². The molecule has 1 unspecified atom stereocenters. The topological polar surface area (TPSA) is 102 Å². The van der Waals surface area contributed by atoms with E-state index in [0.717, 1.165) is 4.31 Å². The van der Waals surface area contributed by atoms with Crippen LogP contribution < -0.4 is 0 Å². The molecule has 0 radical (unpaired) electrons. The maximum absolute atomic E-state index is 12.2. The number of nitrogens with zero attached hydrogens (tertiary/aromatic N) is 4. The van der Waals surface area contributed by atoms with E-state index in [1.54, 1.807) is 6.07 Å². The maximum atomic E-state index is 12.2. The fourth-order valence-electron chi connectivity index (χ4n) is 2.09. The summed E-state index contributed by atoms with van der Waals surface area (Å²) in [5, 5.41) is 4.15. The van der Waals surface area contributed by atoms with E-state index in [-0.39, 0.29) is 10.1 Å². The van der Waals surface area contributed by atoms with Crippen LogP contribution in [0.25, 0.3) is 11.1 Å². The van der Waals surface area contributed by atoms with Crippen molar-refractivity contribution in [3.8, 4) is 0 Å². The standard InChI is InChI=1S/C15H18N4O4S2/c1-5-13-17-14(23-18-13)9(2)24-15-16-11-8-10(6-7-12(11)22-15)25(20,21)19(3)4/h6-9H,5H2,1-4H3. The summed E-state index contributed by atoms with van der Waals surface area (Å²) in [6, 6.07) is 4.62. The summed E-state index contributed by atoms with van der Waals surface area (Å²) >= 11 is 1.33. The zero-order valence-corrected chi connectivity index (χ0v) is 15.9. The number of oxazole rings is 1. The van der Waals surface area contributed by atoms with Gasteiger partial charge in [-0.3, -0.25) is 0 Å². The SMILES string of the molecule is CCc1noc(C(C)Sc2nc3cc(S(=O)(=O)N(C)C)ccc3o2)n1. The zero-order chi connectivity index (χ0) is 18.2. The molecule has 0 N–H and O–H groups in total. The minimum atomic E-state index is -3.51. The van der Waals surface area contributed by atoms with Crippen LogP contribution in [0.3, 0.4) is 0 Å². The minimum Gasteiger partial charge on any atom is -0.431 e. The van der Waals surface area contributed by atoms with Crippen LogP contribution in [0.15, 0.2) is 37.3 Å². The van der Waals surface area contributed by atoms with E-state index in [0.29, 0.717) is 34.5 Å². The van der Waals surface area contributed by atoms with Crippen molar-refractivity contribution >= 4 is 32.9 Å². The van der Waals surface area contributed by atoms with E-state index in [1.165, 1.54) is 38.0 Å². The van der Waals surface area contributed by atoms with E-state index in [1.807, 2.05) is 13.8 Å². The lowest BCUT2D eigenvalue weighted by Crippen LogP contribution is -2.22. The number of hydrogen-bond donors (Lipinski definition) is 0. The molecule has 8 nitrogen and oxygen atoms in total. The molecule has 0 bridgehead atoms. The molecule has 134 valence electrons. The highest BCUT2D eigenvalue weighted by Crippen LogP contribution is 2.35. The van der Waals surface area contributed by atoms with Gasteiger partial charge in [0.05, 0.1) is 10.1 Å². The normalized spacial score (nSPS) is 13.6. The molecule has 10 heteroatoms. The lowest BCUT2D eigenvalue weighted by molar-refractivity contribution is 0.374. The Hall–Kier alpha value is -1.91. The van der Waals surface area contributed by atoms with E-state index < -0.39 is 10.0 Å². The monoisotopic (exact) mass is 382 g/mol. The van der Waals surface area contributed by atoms with Crippen molar-refractivity contribution in [2.45, 2.75) is 35.6 Å². The number of aromatic nitrogens is 3. The summed E-state index contributed by atoms with van der Waals surface area (Å²) in [4.78, 5) is 8.83. The van der Waals surface area contributed by atoms with Gasteiger partial charge in [-0.15, -0.1) is 0 Å². The summed E-state index contributed by atoms with van der Waals surface area (Å²) in [5.74, 6) is 1.15. The van der Waals surface area contributed by atoms with Crippen LogP contribution in [-0.4, -0.2) is 41.9 Å². The number of sulfonamides is 1. The molecule has 2 aromatic heterocycles. The van der Waals surface area contributed by atoms with Crippen LogP contribution in [0.1, 0.15) is 30.8 Å². The van der Waals surface area contributed by atoms with Gasteiger partial charge in [0.25, 0.3) is 5.22 Å². The smallest absolute Gasteiger partial charge is 0.257 e. The first-order chi connectivity index (χ1) is 11.8. The molecule has 0 aliphatic rings. The van der Waals surface area contributed by atoms with E-state index in [9.17, 15) is 8.42 Å². The molecule has 2 heterocycles. The Kier molecular flexibility index (Phi) is 4.85. The molecule has 25 heavy (non-hydrogen) atoms. The van der Waals surface area contributed by atoms with Crippen molar-refractivity contribution in [3.63, 3.8) is 0 Å². The summed E-state index contributed by atoms with van der Waals surface area (Å²) in [5.41, 5.74) is 1.00. The number of fused-ring (bicyclic) bond motifs is 1. The van der Waals surface area contributed by atoms with Gasteiger partial charge < -0.3 is 8.94 Å². The molecule has 0 aliphatic heterocycles. The molecule has 0 spiro atoms. The fourth-order valence-corrected chi connectivity index (χ4v) is 3.80. The van der Waals surface area contributed by atoms with Gasteiger partial charge in [0.2, 0.25) is 15.9 Å². The predicted octanol–water partition coefficient (Wildman–Crippen LogP) is 2.88. The average molecular weight is 382 g/mol. The summed E-state index contributed by atoms with van der Waals surface area (Å²) in [6.07, 6.45) is 0.701. The lowest BCUT2D eigenvalue weighted by atomic mass is 10.3. The van der Waals surface area contributed by atoms with E-state index >= 15 is 0 Å². The Morgan fingerprint density at radius 2 is 2.04 bits per heavy atom. The molecule has 0 aliphatic carbocycles. The Morgan fingerprint density at radius 3 is 2.68 bits per heavy atom. The largest absolute Gasteiger partial charge is 0.431 e. The van der Waals surface area contributed by atoms with Crippen LogP contribution in [-0.2, 0) is 16.4 Å². The molecule has 0 fully saturated rings. The van der Waals surface area contributed by atoms with Gasteiger partial charge in [-0.2, -0.15) is 4.98 Å². The van der Waals surface area contributed by atoms with Crippen molar-refractivity contribution in [2.75, 3.05) is 14.1 Å². The van der Waals surface area contributed by atoms with Gasteiger partial charge in [-0.1, -0.05) is 23.8 Å². The molecule has 1 aromatic carbocycles. The molecule has 0 amide bonds. The average Bonchev–Trinajstić information content (AvgIpc) is 3.19. The molecule has 0 saturated carbocycles. The second-order valence-corrected chi connectivity index (χ2v) is 9.00. The van der Waals surface area contributed by atoms with Gasteiger partial charge in [0.15, 0.2) is 11.4 Å². The van der Waals surface area contributed by atoms with Crippen molar-refractivity contribution in [2.24, 2.45) is 0 Å². The Bertz CT molecular complexity index is 994. The second-order valence-electron chi connectivity index (χ2n) is 5.56. The first kappa shape index (κ1) is 17.9. The summed E-state index contributed by atoms with van der Waals surface area (Å²) in [6.45, 7) is 3.86. The highest BCUT2D eigenvalue weighted by molar-refractivity contribution is 7.99. The van der Waals surface area contributed by atoms with Crippen LogP contribution in [0.5, 0.6) is 0 Å². The van der Waals surface area contributed by atoms with Crippen molar-refractivity contribution < 1.29 is 17.4 Å². The van der Waals surface area contributed by atoms with Crippen LogP contribution in [0.2, 0.25) is 0 Å². The van der Waals surface area contributed by atoms with E-state index in [4.69, 9.17) is 8.94 Å². The fraction of sp³-hybridized carbons (Fsp3) is 0.400. The Balaban J connectivity index is 1.86. The highest BCUT2D eigenvalue weighted by atomic mass is 32.2. The first-order valence-electron chi connectivity index (χ1n) is 7.63. The minimum absolute atomic E-state index is 0.133. The van der Waals surface area contributed by atoms with Crippen molar-refractivity contribution in [1.29, 1.82) is 0 Å². The quantitative estimate of drug-likeness (QED) is 0.600. The van der Waals surface area contributed by atoms with Crippen molar-refractivity contribution in [3.05, 3.63) is 29.9 Å². The second kappa shape index (κ2) is 6.77. The van der Waals surface area contributed by atoms with Crippen LogP contribution in [0.4, 0.5) is 0 Å². The van der Waals surface area contributed by atoms with Crippen LogP contribution >= 0.6 is 11.8 Å². The van der Waals surface area contributed by atoms with Gasteiger partial charge in [0.1, 0.15) is 5.52 Å².